The molecular formula is C80H152O17P2. The van der Waals surface area contributed by atoms with Crippen LogP contribution in [0, 0.1) is 11.8 Å². The van der Waals surface area contributed by atoms with Crippen LogP contribution in [-0.4, -0.2) is 96.7 Å². The lowest BCUT2D eigenvalue weighted by atomic mass is 10.00. The standard InChI is InChI=1S/C80H152O17P2/c1-7-10-12-14-16-18-20-22-24-25-26-28-32-37-41-45-53-59-64-79(84)96-75(68-90-77(82)62-56-50-43-39-35-33-29-30-34-38-42-48-54-60-72(4)5)70-94-98(86,87)92-66-74(81)67-93-99(88,89)95-71-76(69-91-78(83)63-57-51-47-46-49-55-61-73(6)9-3)97-80(85)65-58-52-44-40-36-31-27-23-21-19-17-15-13-11-8-2/h19,21,23,27,72-76,81H,7-18,20,22,24-26,28-71H2,1-6H3,(H,86,87)(H,88,89)/b21-19-,27-23-/t73?,74-,75-,76-/m1/s1. The van der Waals surface area contributed by atoms with Crippen molar-refractivity contribution < 1.29 is 80.2 Å². The van der Waals surface area contributed by atoms with E-state index in [1.807, 2.05) is 0 Å². The molecule has 17 nitrogen and oxygen atoms in total. The number of unbranched alkanes of at least 4 members (excludes halogenated alkanes) is 43. The summed E-state index contributed by atoms with van der Waals surface area (Å²) in [6.45, 7) is 9.53. The summed E-state index contributed by atoms with van der Waals surface area (Å²) < 4.78 is 68.6. The zero-order chi connectivity index (χ0) is 72.8. The van der Waals surface area contributed by atoms with Crippen molar-refractivity contribution in [2.75, 3.05) is 39.6 Å². The van der Waals surface area contributed by atoms with E-state index in [1.165, 1.54) is 193 Å². The molecule has 0 aliphatic heterocycles. The quantitative estimate of drug-likeness (QED) is 0.0169. The molecule has 3 unspecified atom stereocenters. The van der Waals surface area contributed by atoms with Gasteiger partial charge in [-0.1, -0.05) is 342 Å². The molecule has 0 radical (unpaired) electrons. The Hall–Kier alpha value is -2.46. The number of phosphoric ester groups is 2. The Morgan fingerprint density at radius 1 is 0.333 bits per heavy atom. The molecule has 19 heteroatoms. The van der Waals surface area contributed by atoms with Gasteiger partial charge in [0.25, 0.3) is 0 Å². The topological polar surface area (TPSA) is 237 Å². The molecule has 584 valence electrons. The summed E-state index contributed by atoms with van der Waals surface area (Å²) in [6, 6.07) is 0. The molecule has 0 saturated carbocycles. The normalized spacial score (nSPS) is 14.4. The molecule has 0 spiro atoms. The van der Waals surface area contributed by atoms with Gasteiger partial charge in [-0.15, -0.1) is 0 Å². The highest BCUT2D eigenvalue weighted by Crippen LogP contribution is 2.45. The fourth-order valence-electron chi connectivity index (χ4n) is 11.8. The van der Waals surface area contributed by atoms with Gasteiger partial charge in [-0.05, 0) is 63.2 Å². The maximum absolute atomic E-state index is 13.1. The summed E-state index contributed by atoms with van der Waals surface area (Å²) in [4.78, 5) is 73.0. The van der Waals surface area contributed by atoms with Crippen molar-refractivity contribution in [2.45, 2.75) is 413 Å². The van der Waals surface area contributed by atoms with Crippen LogP contribution in [0.3, 0.4) is 0 Å². The van der Waals surface area contributed by atoms with E-state index in [-0.39, 0.29) is 25.7 Å². The van der Waals surface area contributed by atoms with Gasteiger partial charge in [0.15, 0.2) is 12.2 Å². The SMILES string of the molecule is CCCCCC/C=C\C=C/CCCCCCCC(=O)O[C@H](COC(=O)CCCCCCCCC(C)CC)COP(=O)(O)OC[C@H](O)COP(=O)(O)OC[C@@H](COC(=O)CCCCCCCCCCCCCCCC(C)C)OC(=O)CCCCCCCCCCCCCCCCCCCC. The van der Waals surface area contributed by atoms with Crippen LogP contribution in [0.1, 0.15) is 395 Å². The number of hydrogen-bond acceptors (Lipinski definition) is 15. The number of esters is 4. The second-order valence-corrected chi connectivity index (χ2v) is 31.7. The monoisotopic (exact) mass is 1450 g/mol. The van der Waals surface area contributed by atoms with Crippen LogP contribution in [0.25, 0.3) is 0 Å². The van der Waals surface area contributed by atoms with Gasteiger partial charge in [-0.2, -0.15) is 0 Å². The Bertz CT molecular complexity index is 2000. The molecule has 0 bridgehead atoms. The summed E-state index contributed by atoms with van der Waals surface area (Å²) in [6.07, 6.45) is 63.2. The molecule has 3 N–H and O–H groups in total. The molecule has 0 amide bonds. The minimum absolute atomic E-state index is 0.0843. The number of carbonyl (C=O) groups excluding carboxylic acids is 4. The smallest absolute Gasteiger partial charge is 0.462 e. The molecule has 0 rings (SSSR count). The summed E-state index contributed by atoms with van der Waals surface area (Å²) in [5.41, 5.74) is 0. The lowest BCUT2D eigenvalue weighted by molar-refractivity contribution is -0.161. The summed E-state index contributed by atoms with van der Waals surface area (Å²) >= 11 is 0. The van der Waals surface area contributed by atoms with Crippen LogP contribution in [0.5, 0.6) is 0 Å². The van der Waals surface area contributed by atoms with Gasteiger partial charge in [0, 0.05) is 25.7 Å². The first-order valence-corrected chi connectivity index (χ1v) is 43.8. The van der Waals surface area contributed by atoms with Gasteiger partial charge < -0.3 is 33.8 Å². The van der Waals surface area contributed by atoms with E-state index in [9.17, 15) is 43.2 Å². The highest BCUT2D eigenvalue weighted by atomic mass is 31.2. The second kappa shape index (κ2) is 71.2. The molecule has 0 aromatic carbocycles. The fraction of sp³-hybridized carbons (Fsp3) is 0.900. The Morgan fingerprint density at radius 3 is 0.909 bits per heavy atom. The number of rotatable bonds is 77. The molecule has 0 fully saturated rings. The highest BCUT2D eigenvalue weighted by molar-refractivity contribution is 7.47. The van der Waals surface area contributed by atoms with Crippen molar-refractivity contribution in [2.24, 2.45) is 11.8 Å². The van der Waals surface area contributed by atoms with Crippen molar-refractivity contribution in [1.82, 2.24) is 0 Å². The van der Waals surface area contributed by atoms with E-state index in [0.717, 1.165) is 121 Å². The molecular weight excluding hydrogens is 1290 g/mol. The Labute approximate surface area is 605 Å². The van der Waals surface area contributed by atoms with E-state index in [4.69, 9.17) is 37.0 Å². The number of hydrogen-bond donors (Lipinski definition) is 3. The third-order valence-corrected chi connectivity index (χ3v) is 20.3. The average molecular weight is 1450 g/mol. The van der Waals surface area contributed by atoms with Gasteiger partial charge in [0.1, 0.15) is 19.3 Å². The first kappa shape index (κ1) is 96.5. The molecule has 0 aliphatic rings. The Kier molecular flexibility index (Phi) is 69.4. The van der Waals surface area contributed by atoms with Crippen molar-refractivity contribution >= 4 is 39.5 Å². The number of phosphoric acid groups is 2. The van der Waals surface area contributed by atoms with Crippen LogP contribution in [0.4, 0.5) is 0 Å². The summed E-state index contributed by atoms with van der Waals surface area (Å²) in [5.74, 6) is -0.624. The minimum atomic E-state index is -4.97. The van der Waals surface area contributed by atoms with Gasteiger partial charge >= 0.3 is 39.5 Å². The predicted octanol–water partition coefficient (Wildman–Crippen LogP) is 23.4. The number of ether oxygens (including phenoxy) is 4. The Morgan fingerprint density at radius 2 is 0.596 bits per heavy atom. The molecule has 6 atom stereocenters. The third kappa shape index (κ3) is 72.3. The third-order valence-electron chi connectivity index (χ3n) is 18.4. The molecule has 99 heavy (non-hydrogen) atoms. The zero-order valence-electron chi connectivity index (χ0n) is 64.3. The van der Waals surface area contributed by atoms with Gasteiger partial charge in [0.2, 0.25) is 0 Å². The van der Waals surface area contributed by atoms with Crippen molar-refractivity contribution in [3.8, 4) is 0 Å². The number of aliphatic hydroxyl groups is 1. The molecule has 0 heterocycles. The second-order valence-electron chi connectivity index (χ2n) is 28.8. The van der Waals surface area contributed by atoms with Crippen LogP contribution in [0.15, 0.2) is 24.3 Å². The lowest BCUT2D eigenvalue weighted by Gasteiger charge is -2.21. The van der Waals surface area contributed by atoms with Crippen LogP contribution >= 0.6 is 15.6 Å². The largest absolute Gasteiger partial charge is 0.472 e. The van der Waals surface area contributed by atoms with Crippen molar-refractivity contribution in [3.05, 3.63) is 24.3 Å². The number of aliphatic hydroxyl groups excluding tert-OH is 1. The van der Waals surface area contributed by atoms with Gasteiger partial charge in [-0.3, -0.25) is 37.3 Å². The summed E-state index contributed by atoms with van der Waals surface area (Å²) in [5, 5.41) is 10.6. The van der Waals surface area contributed by atoms with E-state index < -0.39 is 97.5 Å². The van der Waals surface area contributed by atoms with Crippen molar-refractivity contribution in [3.63, 3.8) is 0 Å². The van der Waals surface area contributed by atoms with Crippen LogP contribution in [0.2, 0.25) is 0 Å². The first-order valence-electron chi connectivity index (χ1n) is 40.8. The molecule has 0 aromatic rings. The number of carbonyl (C=O) groups is 4. The van der Waals surface area contributed by atoms with Crippen LogP contribution < -0.4 is 0 Å². The van der Waals surface area contributed by atoms with Crippen molar-refractivity contribution in [1.29, 1.82) is 0 Å². The predicted molar refractivity (Wildman–Crippen MR) is 404 cm³/mol. The van der Waals surface area contributed by atoms with E-state index in [0.29, 0.717) is 25.7 Å². The summed E-state index contributed by atoms with van der Waals surface area (Å²) in [7, 11) is -9.93. The van der Waals surface area contributed by atoms with E-state index in [2.05, 4.69) is 65.8 Å². The maximum atomic E-state index is 13.1. The fourth-order valence-corrected chi connectivity index (χ4v) is 13.4. The highest BCUT2D eigenvalue weighted by Gasteiger charge is 2.30. The maximum Gasteiger partial charge on any atom is 0.472 e. The number of allylic oxidation sites excluding steroid dienone is 4. The Balaban J connectivity index is 5.28. The lowest BCUT2D eigenvalue weighted by Crippen LogP contribution is -2.30. The van der Waals surface area contributed by atoms with Gasteiger partial charge in [0.05, 0.1) is 26.4 Å². The van der Waals surface area contributed by atoms with E-state index >= 15 is 0 Å². The molecule has 0 aromatic heterocycles. The first-order chi connectivity index (χ1) is 47.9. The average Bonchev–Trinajstić information content (AvgIpc) is 1.16. The minimum Gasteiger partial charge on any atom is -0.462 e. The molecule has 0 aliphatic carbocycles. The zero-order valence-corrected chi connectivity index (χ0v) is 66.1. The van der Waals surface area contributed by atoms with E-state index in [1.54, 1.807) is 0 Å². The molecule has 0 saturated heterocycles. The van der Waals surface area contributed by atoms with Gasteiger partial charge in [-0.25, -0.2) is 9.13 Å². The van der Waals surface area contributed by atoms with Crippen LogP contribution in [-0.2, 0) is 65.4 Å².